The minimum absolute atomic E-state index is 0.293. The number of aliphatic hydroxyl groups excluding tert-OH is 1. The lowest BCUT2D eigenvalue weighted by Crippen LogP contribution is -2.22. The van der Waals surface area contributed by atoms with E-state index in [1.54, 1.807) is 0 Å². The number of ether oxygens (including phenoxy) is 1. The summed E-state index contributed by atoms with van der Waals surface area (Å²) in [6.07, 6.45) is 1.22. The average Bonchev–Trinajstić information content (AvgIpc) is 2.42. The SMILES string of the molecule is CCC(CC(O)CN)c1ccccc1OCC(C)C. The van der Waals surface area contributed by atoms with Gasteiger partial charge in [-0.15, -0.1) is 0 Å². The van der Waals surface area contributed by atoms with Crippen LogP contribution in [0.3, 0.4) is 0 Å². The first-order chi connectivity index (χ1) is 9.08. The highest BCUT2D eigenvalue weighted by molar-refractivity contribution is 5.36. The van der Waals surface area contributed by atoms with Crippen LogP contribution in [0.4, 0.5) is 0 Å². The van der Waals surface area contributed by atoms with Crippen LogP contribution in [0.25, 0.3) is 0 Å². The van der Waals surface area contributed by atoms with Crippen molar-refractivity contribution in [2.24, 2.45) is 11.7 Å². The van der Waals surface area contributed by atoms with Gasteiger partial charge in [0.05, 0.1) is 12.7 Å². The van der Waals surface area contributed by atoms with Gasteiger partial charge in [0.25, 0.3) is 0 Å². The highest BCUT2D eigenvalue weighted by Gasteiger charge is 2.17. The van der Waals surface area contributed by atoms with Crippen molar-refractivity contribution in [3.63, 3.8) is 0 Å². The van der Waals surface area contributed by atoms with Crippen LogP contribution in [0.1, 0.15) is 45.1 Å². The minimum atomic E-state index is -0.442. The third kappa shape index (κ3) is 5.21. The van der Waals surface area contributed by atoms with Gasteiger partial charge in [-0.1, -0.05) is 39.0 Å². The molecule has 0 amide bonds. The Morgan fingerprint density at radius 2 is 1.95 bits per heavy atom. The molecule has 0 aliphatic carbocycles. The molecular weight excluding hydrogens is 238 g/mol. The van der Waals surface area contributed by atoms with Crippen molar-refractivity contribution in [3.05, 3.63) is 29.8 Å². The zero-order valence-electron chi connectivity index (χ0n) is 12.3. The van der Waals surface area contributed by atoms with Crippen molar-refractivity contribution in [2.45, 2.75) is 45.6 Å². The third-order valence-electron chi connectivity index (χ3n) is 3.25. The van der Waals surface area contributed by atoms with Crippen molar-refractivity contribution >= 4 is 0 Å². The minimum Gasteiger partial charge on any atom is -0.493 e. The molecule has 0 saturated heterocycles. The number of benzene rings is 1. The Kier molecular flexibility index (Phi) is 6.89. The summed E-state index contributed by atoms with van der Waals surface area (Å²) in [6, 6.07) is 8.11. The second-order valence-electron chi connectivity index (χ2n) is 5.47. The molecule has 0 aromatic heterocycles. The van der Waals surface area contributed by atoms with Gasteiger partial charge in [0.1, 0.15) is 5.75 Å². The van der Waals surface area contributed by atoms with Crippen LogP contribution in [-0.2, 0) is 0 Å². The van der Waals surface area contributed by atoms with Crippen LogP contribution < -0.4 is 10.5 Å². The third-order valence-corrected chi connectivity index (χ3v) is 3.25. The molecule has 2 unspecified atom stereocenters. The van der Waals surface area contributed by atoms with Crippen molar-refractivity contribution < 1.29 is 9.84 Å². The molecule has 0 aliphatic rings. The van der Waals surface area contributed by atoms with E-state index in [9.17, 15) is 5.11 Å². The number of rotatable bonds is 8. The molecule has 3 N–H and O–H groups in total. The number of aliphatic hydroxyl groups is 1. The van der Waals surface area contributed by atoms with E-state index in [4.69, 9.17) is 10.5 Å². The predicted molar refractivity (Wildman–Crippen MR) is 79.5 cm³/mol. The standard InChI is InChI=1S/C16H27NO2/c1-4-13(9-14(18)10-17)15-7-5-6-8-16(15)19-11-12(2)3/h5-8,12-14,18H,4,9-11,17H2,1-3H3. The van der Waals surface area contributed by atoms with E-state index in [2.05, 4.69) is 26.8 Å². The normalized spacial score (nSPS) is 14.4. The highest BCUT2D eigenvalue weighted by atomic mass is 16.5. The van der Waals surface area contributed by atoms with Gasteiger partial charge in [-0.25, -0.2) is 0 Å². The molecule has 0 heterocycles. The van der Waals surface area contributed by atoms with Crippen LogP contribution >= 0.6 is 0 Å². The van der Waals surface area contributed by atoms with Gasteiger partial charge in [0.2, 0.25) is 0 Å². The Bertz CT molecular complexity index is 366. The maximum absolute atomic E-state index is 9.76. The van der Waals surface area contributed by atoms with E-state index in [1.165, 1.54) is 5.56 Å². The van der Waals surface area contributed by atoms with Gasteiger partial charge >= 0.3 is 0 Å². The summed E-state index contributed by atoms with van der Waals surface area (Å²) < 4.78 is 5.88. The summed E-state index contributed by atoms with van der Waals surface area (Å²) in [5, 5.41) is 9.76. The molecule has 0 fully saturated rings. The van der Waals surface area contributed by atoms with Gasteiger partial charge < -0.3 is 15.6 Å². The molecule has 3 nitrogen and oxygen atoms in total. The monoisotopic (exact) mass is 265 g/mol. The van der Waals surface area contributed by atoms with Crippen molar-refractivity contribution in [2.75, 3.05) is 13.2 Å². The lowest BCUT2D eigenvalue weighted by atomic mass is 9.90. The number of hydrogen-bond donors (Lipinski definition) is 2. The largest absolute Gasteiger partial charge is 0.493 e. The Morgan fingerprint density at radius 3 is 2.53 bits per heavy atom. The predicted octanol–water partition coefficient (Wildman–Crippen LogP) is 2.92. The first-order valence-electron chi connectivity index (χ1n) is 7.18. The van der Waals surface area contributed by atoms with Gasteiger partial charge in [0.15, 0.2) is 0 Å². The molecule has 108 valence electrons. The van der Waals surface area contributed by atoms with E-state index in [0.29, 0.717) is 31.4 Å². The summed E-state index contributed by atoms with van der Waals surface area (Å²) >= 11 is 0. The zero-order valence-corrected chi connectivity index (χ0v) is 12.3. The van der Waals surface area contributed by atoms with E-state index in [1.807, 2.05) is 18.2 Å². The van der Waals surface area contributed by atoms with E-state index in [-0.39, 0.29) is 0 Å². The Balaban J connectivity index is 2.83. The average molecular weight is 265 g/mol. The van der Waals surface area contributed by atoms with Crippen LogP contribution in [0.5, 0.6) is 5.75 Å². The van der Waals surface area contributed by atoms with Crippen LogP contribution in [0.15, 0.2) is 24.3 Å². The van der Waals surface area contributed by atoms with E-state index >= 15 is 0 Å². The zero-order chi connectivity index (χ0) is 14.3. The molecule has 19 heavy (non-hydrogen) atoms. The lowest BCUT2D eigenvalue weighted by Gasteiger charge is -2.22. The fourth-order valence-corrected chi connectivity index (χ4v) is 2.14. The first kappa shape index (κ1) is 16.0. The van der Waals surface area contributed by atoms with Crippen molar-refractivity contribution in [3.8, 4) is 5.75 Å². The molecule has 0 aliphatic heterocycles. The van der Waals surface area contributed by atoms with Crippen LogP contribution in [0.2, 0.25) is 0 Å². The topological polar surface area (TPSA) is 55.5 Å². The summed E-state index contributed by atoms with van der Waals surface area (Å²) in [7, 11) is 0. The molecule has 0 spiro atoms. The fraction of sp³-hybridized carbons (Fsp3) is 0.625. The molecule has 1 aromatic rings. The van der Waals surface area contributed by atoms with Gasteiger partial charge in [0, 0.05) is 6.54 Å². The Hall–Kier alpha value is -1.06. The molecule has 1 rings (SSSR count). The Labute approximate surface area is 116 Å². The van der Waals surface area contributed by atoms with Crippen molar-refractivity contribution in [1.82, 2.24) is 0 Å². The molecule has 0 saturated carbocycles. The maximum Gasteiger partial charge on any atom is 0.122 e. The second-order valence-corrected chi connectivity index (χ2v) is 5.47. The second kappa shape index (κ2) is 8.18. The molecule has 1 aromatic carbocycles. The molecule has 2 atom stereocenters. The van der Waals surface area contributed by atoms with E-state index < -0.39 is 6.10 Å². The highest BCUT2D eigenvalue weighted by Crippen LogP contribution is 2.32. The summed E-state index contributed by atoms with van der Waals surface area (Å²) in [4.78, 5) is 0. The van der Waals surface area contributed by atoms with Gasteiger partial charge in [-0.2, -0.15) is 0 Å². The van der Waals surface area contributed by atoms with Gasteiger partial charge in [-0.05, 0) is 36.3 Å². The quantitative estimate of drug-likeness (QED) is 0.760. The number of hydrogen-bond acceptors (Lipinski definition) is 3. The Morgan fingerprint density at radius 1 is 1.26 bits per heavy atom. The molecular formula is C16H27NO2. The lowest BCUT2D eigenvalue weighted by molar-refractivity contribution is 0.161. The molecule has 3 heteroatoms. The smallest absolute Gasteiger partial charge is 0.122 e. The van der Waals surface area contributed by atoms with Crippen LogP contribution in [-0.4, -0.2) is 24.4 Å². The van der Waals surface area contributed by atoms with Crippen LogP contribution in [0, 0.1) is 5.92 Å². The van der Waals surface area contributed by atoms with Crippen molar-refractivity contribution in [1.29, 1.82) is 0 Å². The fourth-order valence-electron chi connectivity index (χ4n) is 2.14. The molecule has 0 radical (unpaired) electrons. The van der Waals surface area contributed by atoms with E-state index in [0.717, 1.165) is 12.2 Å². The summed E-state index contributed by atoms with van der Waals surface area (Å²) in [6.45, 7) is 7.43. The molecule has 0 bridgehead atoms. The summed E-state index contributed by atoms with van der Waals surface area (Å²) in [5.74, 6) is 1.73. The maximum atomic E-state index is 9.76. The van der Waals surface area contributed by atoms with Gasteiger partial charge in [-0.3, -0.25) is 0 Å². The summed E-state index contributed by atoms with van der Waals surface area (Å²) in [5.41, 5.74) is 6.69. The first-order valence-corrected chi connectivity index (χ1v) is 7.18. The number of para-hydroxylation sites is 1. The number of nitrogens with two attached hydrogens (primary N) is 1.